The third-order valence-electron chi connectivity index (χ3n) is 5.58. The SMILES string of the molecule is CC(C)c1cc(NC(=O)Nc2cc(Oc3ccnc(-c4cn[nH]c4)n3)ccc2F)n(-c2cccc(C#N)c2)n1. The van der Waals surface area contributed by atoms with Crippen LogP contribution in [0.1, 0.15) is 31.0 Å². The summed E-state index contributed by atoms with van der Waals surface area (Å²) in [5.41, 5.74) is 2.35. The van der Waals surface area contributed by atoms with Gasteiger partial charge >= 0.3 is 6.03 Å². The minimum Gasteiger partial charge on any atom is -0.439 e. The highest BCUT2D eigenvalue weighted by Gasteiger charge is 2.16. The Bertz CT molecular complexity index is 1670. The van der Waals surface area contributed by atoms with Crippen LogP contribution in [-0.4, -0.2) is 36.0 Å². The van der Waals surface area contributed by atoms with E-state index in [0.717, 1.165) is 5.69 Å². The van der Waals surface area contributed by atoms with Crippen LogP contribution in [0.15, 0.2) is 73.2 Å². The van der Waals surface area contributed by atoms with Crippen LogP contribution in [0, 0.1) is 17.1 Å². The molecule has 0 fully saturated rings. The molecule has 3 heterocycles. The number of benzene rings is 2. The van der Waals surface area contributed by atoms with Crippen molar-refractivity contribution in [2.45, 2.75) is 19.8 Å². The van der Waals surface area contributed by atoms with Crippen LogP contribution in [0.5, 0.6) is 11.6 Å². The average molecular weight is 524 g/mol. The molecule has 0 aliphatic heterocycles. The molecule has 0 saturated heterocycles. The average Bonchev–Trinajstić information content (AvgIpc) is 3.62. The summed E-state index contributed by atoms with van der Waals surface area (Å²) in [5, 5.41) is 25.6. The van der Waals surface area contributed by atoms with E-state index in [2.05, 4.69) is 42.0 Å². The van der Waals surface area contributed by atoms with Gasteiger partial charge in [0.05, 0.1) is 40.5 Å². The fourth-order valence-electron chi connectivity index (χ4n) is 3.64. The lowest BCUT2D eigenvalue weighted by atomic mass is 10.1. The summed E-state index contributed by atoms with van der Waals surface area (Å²) in [6.45, 7) is 3.94. The number of nitrogens with zero attached hydrogens (tertiary/aromatic N) is 6. The Hall–Kier alpha value is -5.57. The number of nitriles is 1. The number of anilines is 2. The van der Waals surface area contributed by atoms with Gasteiger partial charge in [0.2, 0.25) is 5.88 Å². The minimum atomic E-state index is -0.691. The monoisotopic (exact) mass is 523 g/mol. The molecular weight excluding hydrogens is 501 g/mol. The van der Waals surface area contributed by atoms with Gasteiger partial charge in [-0.05, 0) is 36.2 Å². The summed E-state index contributed by atoms with van der Waals surface area (Å²) in [6, 6.07) is 15.5. The van der Waals surface area contributed by atoms with Gasteiger partial charge in [-0.3, -0.25) is 10.4 Å². The van der Waals surface area contributed by atoms with Crippen molar-refractivity contribution in [3.63, 3.8) is 0 Å². The van der Waals surface area contributed by atoms with Crippen LogP contribution < -0.4 is 15.4 Å². The predicted molar refractivity (Wildman–Crippen MR) is 141 cm³/mol. The molecule has 0 atom stereocenters. The van der Waals surface area contributed by atoms with Crippen molar-refractivity contribution >= 4 is 17.5 Å². The first-order valence-electron chi connectivity index (χ1n) is 11.9. The Kier molecular flexibility index (Phi) is 6.96. The van der Waals surface area contributed by atoms with Crippen molar-refractivity contribution in [3.8, 4) is 34.8 Å². The lowest BCUT2D eigenvalue weighted by Gasteiger charge is -2.12. The number of aromatic nitrogens is 6. The van der Waals surface area contributed by atoms with Crippen LogP contribution in [0.25, 0.3) is 17.1 Å². The van der Waals surface area contributed by atoms with Gasteiger partial charge in [-0.1, -0.05) is 19.9 Å². The van der Waals surface area contributed by atoms with E-state index in [0.29, 0.717) is 28.5 Å². The molecule has 3 aromatic heterocycles. The van der Waals surface area contributed by atoms with Crippen LogP contribution >= 0.6 is 0 Å². The fourth-order valence-corrected chi connectivity index (χ4v) is 3.64. The predicted octanol–water partition coefficient (Wildman–Crippen LogP) is 5.62. The van der Waals surface area contributed by atoms with E-state index in [1.54, 1.807) is 48.8 Å². The van der Waals surface area contributed by atoms with Crippen LogP contribution in [0.4, 0.5) is 20.7 Å². The normalized spacial score (nSPS) is 10.7. The number of aromatic amines is 1. The number of ether oxygens (including phenoxy) is 1. The Morgan fingerprint density at radius 3 is 2.79 bits per heavy atom. The first-order valence-corrected chi connectivity index (χ1v) is 11.9. The zero-order valence-electron chi connectivity index (χ0n) is 20.9. The topological polar surface area (TPSA) is 146 Å². The van der Waals surface area contributed by atoms with Crippen molar-refractivity contribution in [1.29, 1.82) is 5.26 Å². The summed E-state index contributed by atoms with van der Waals surface area (Å²) in [7, 11) is 0. The van der Waals surface area contributed by atoms with E-state index in [4.69, 9.17) is 4.74 Å². The summed E-state index contributed by atoms with van der Waals surface area (Å²) in [6.07, 6.45) is 4.75. The van der Waals surface area contributed by atoms with Gasteiger partial charge in [0.15, 0.2) is 5.82 Å². The molecule has 2 amide bonds. The quantitative estimate of drug-likeness (QED) is 0.251. The Labute approximate surface area is 222 Å². The first kappa shape index (κ1) is 25.1. The van der Waals surface area contributed by atoms with Crippen molar-refractivity contribution in [2.24, 2.45) is 0 Å². The maximum absolute atomic E-state index is 14.6. The highest BCUT2D eigenvalue weighted by Crippen LogP contribution is 2.27. The number of carbonyl (C=O) groups is 1. The highest BCUT2D eigenvalue weighted by molar-refractivity contribution is 5.99. The first-order chi connectivity index (χ1) is 18.9. The summed E-state index contributed by atoms with van der Waals surface area (Å²) < 4.78 is 21.9. The molecule has 194 valence electrons. The Morgan fingerprint density at radius 2 is 2.03 bits per heavy atom. The molecule has 11 nitrogen and oxygen atoms in total. The van der Waals surface area contributed by atoms with Crippen molar-refractivity contribution < 1.29 is 13.9 Å². The number of nitrogens with one attached hydrogen (secondary N) is 3. The molecule has 0 aliphatic carbocycles. The van der Waals surface area contributed by atoms with Crippen LogP contribution in [-0.2, 0) is 0 Å². The lowest BCUT2D eigenvalue weighted by molar-refractivity contribution is 0.262. The molecule has 0 spiro atoms. The van der Waals surface area contributed by atoms with Crippen molar-refractivity contribution in [2.75, 3.05) is 10.6 Å². The summed E-state index contributed by atoms with van der Waals surface area (Å²) in [4.78, 5) is 21.4. The Morgan fingerprint density at radius 1 is 1.15 bits per heavy atom. The maximum Gasteiger partial charge on any atom is 0.324 e. The van der Waals surface area contributed by atoms with Crippen LogP contribution in [0.3, 0.4) is 0 Å². The molecule has 12 heteroatoms. The van der Waals surface area contributed by atoms with E-state index >= 15 is 0 Å². The van der Waals surface area contributed by atoms with Crippen molar-refractivity contribution in [3.05, 3.63) is 90.3 Å². The number of H-pyrrole nitrogens is 1. The molecule has 0 bridgehead atoms. The second kappa shape index (κ2) is 10.8. The lowest BCUT2D eigenvalue weighted by Crippen LogP contribution is -2.22. The van der Waals surface area contributed by atoms with E-state index in [1.807, 2.05) is 13.8 Å². The molecule has 5 aromatic rings. The molecule has 0 unspecified atom stereocenters. The summed E-state index contributed by atoms with van der Waals surface area (Å²) in [5.74, 6) is 0.663. The molecule has 5 rings (SSSR count). The van der Waals surface area contributed by atoms with E-state index in [1.165, 1.54) is 29.1 Å². The Balaban J connectivity index is 1.35. The molecule has 2 aromatic carbocycles. The second-order valence-corrected chi connectivity index (χ2v) is 8.71. The third kappa shape index (κ3) is 5.72. The smallest absolute Gasteiger partial charge is 0.324 e. The zero-order valence-corrected chi connectivity index (χ0v) is 20.9. The summed E-state index contributed by atoms with van der Waals surface area (Å²) >= 11 is 0. The van der Waals surface area contributed by atoms with Gasteiger partial charge in [0, 0.05) is 30.6 Å². The number of rotatable bonds is 7. The largest absolute Gasteiger partial charge is 0.439 e. The number of hydrogen-bond acceptors (Lipinski definition) is 7. The van der Waals surface area contributed by atoms with E-state index in [9.17, 15) is 14.4 Å². The molecule has 3 N–H and O–H groups in total. The van der Waals surface area contributed by atoms with Crippen LogP contribution in [0.2, 0.25) is 0 Å². The fraction of sp³-hybridized carbons (Fsp3) is 0.111. The molecule has 39 heavy (non-hydrogen) atoms. The maximum atomic E-state index is 14.6. The number of urea groups is 1. The van der Waals surface area contributed by atoms with Gasteiger partial charge in [0.1, 0.15) is 17.4 Å². The highest BCUT2D eigenvalue weighted by atomic mass is 19.1. The number of amides is 2. The van der Waals surface area contributed by atoms with Gasteiger partial charge in [-0.25, -0.2) is 18.9 Å². The molecule has 0 aliphatic rings. The third-order valence-corrected chi connectivity index (χ3v) is 5.58. The van der Waals surface area contributed by atoms with E-state index in [-0.39, 0.29) is 23.2 Å². The zero-order chi connectivity index (χ0) is 27.4. The minimum absolute atomic E-state index is 0.0797. The van der Waals surface area contributed by atoms with Gasteiger partial charge in [0.25, 0.3) is 0 Å². The van der Waals surface area contributed by atoms with Gasteiger partial charge in [-0.2, -0.15) is 20.4 Å². The standard InChI is InChI=1S/C27H22FN9O2/c1-16(2)22-12-24(37(36-22)19-5-3-4-17(10-19)13-29)34-27(38)33-23-11-20(6-7-21(23)28)39-25-8-9-30-26(35-25)18-14-31-32-15-18/h3-12,14-16H,1-2H3,(H,31,32)(H2,33,34,38). The second-order valence-electron chi connectivity index (χ2n) is 8.71. The van der Waals surface area contributed by atoms with Gasteiger partial charge < -0.3 is 10.1 Å². The number of halogens is 1. The number of hydrogen-bond donors (Lipinski definition) is 3. The number of carbonyl (C=O) groups excluding carboxylic acids is 1. The van der Waals surface area contributed by atoms with Gasteiger partial charge in [-0.15, -0.1) is 0 Å². The molecular formula is C27H22FN9O2. The van der Waals surface area contributed by atoms with Crippen molar-refractivity contribution in [1.82, 2.24) is 29.9 Å². The molecule has 0 saturated carbocycles. The molecule has 0 radical (unpaired) electrons. The van der Waals surface area contributed by atoms with E-state index < -0.39 is 11.8 Å².